The van der Waals surface area contributed by atoms with E-state index in [-0.39, 0.29) is 16.4 Å². The number of hydrogen-bond donors (Lipinski definition) is 1. The maximum absolute atomic E-state index is 13.4. The second kappa shape index (κ2) is 8.27. The van der Waals surface area contributed by atoms with Gasteiger partial charge in [-0.3, -0.25) is 9.97 Å². The Kier molecular flexibility index (Phi) is 5.08. The predicted octanol–water partition coefficient (Wildman–Crippen LogP) is 5.77. The van der Waals surface area contributed by atoms with Crippen LogP contribution in [0.5, 0.6) is 0 Å². The molecule has 3 aromatic heterocycles. The van der Waals surface area contributed by atoms with E-state index in [1.807, 2.05) is 6.07 Å². The van der Waals surface area contributed by atoms with Crippen LogP contribution in [0.3, 0.4) is 0 Å². The standard InChI is InChI=1S/C32H30N4O4/c1-31(2)7-9-36-10-8-32(3,4)26-27(36)22(31)13-18-12-21(30(38)40-28(18)26)24-16-34-23(15-35-24)20-11-17-5-6-19(33)14-25(17)39-29(20)37/h5-6,11-16H,7-10,33H2,1-4H3. The molecule has 2 aliphatic rings. The van der Waals surface area contributed by atoms with Crippen molar-refractivity contribution in [2.24, 2.45) is 0 Å². The van der Waals surface area contributed by atoms with E-state index in [9.17, 15) is 9.59 Å². The number of nitrogen functional groups attached to an aromatic ring is 1. The van der Waals surface area contributed by atoms with Crippen molar-refractivity contribution in [1.29, 1.82) is 0 Å². The fourth-order valence-electron chi connectivity index (χ4n) is 6.24. The molecule has 7 rings (SSSR count). The Labute approximate surface area is 230 Å². The van der Waals surface area contributed by atoms with Crippen LogP contribution >= 0.6 is 0 Å². The fraction of sp³-hybridized carbons (Fsp3) is 0.312. The van der Waals surface area contributed by atoms with Crippen LogP contribution in [0.1, 0.15) is 51.7 Å². The Morgan fingerprint density at radius 3 is 2.10 bits per heavy atom. The average molecular weight is 535 g/mol. The third-order valence-electron chi connectivity index (χ3n) is 8.69. The molecule has 0 saturated heterocycles. The first-order chi connectivity index (χ1) is 19.0. The van der Waals surface area contributed by atoms with E-state index in [0.29, 0.717) is 33.8 Å². The van der Waals surface area contributed by atoms with Crippen molar-refractivity contribution < 1.29 is 8.83 Å². The molecule has 5 aromatic rings. The van der Waals surface area contributed by atoms with E-state index < -0.39 is 11.3 Å². The summed E-state index contributed by atoms with van der Waals surface area (Å²) in [5.74, 6) is 0. The van der Waals surface area contributed by atoms with Gasteiger partial charge in [0.15, 0.2) is 0 Å². The van der Waals surface area contributed by atoms with Crippen LogP contribution < -0.4 is 21.9 Å². The summed E-state index contributed by atoms with van der Waals surface area (Å²) >= 11 is 0. The van der Waals surface area contributed by atoms with Crippen molar-refractivity contribution in [3.05, 3.63) is 80.8 Å². The molecule has 0 fully saturated rings. The van der Waals surface area contributed by atoms with Gasteiger partial charge in [0, 0.05) is 46.9 Å². The molecular weight excluding hydrogens is 504 g/mol. The summed E-state index contributed by atoms with van der Waals surface area (Å²) in [4.78, 5) is 37.5. The lowest BCUT2D eigenvalue weighted by atomic mass is 9.69. The molecule has 0 atom stereocenters. The first-order valence-corrected chi connectivity index (χ1v) is 13.6. The summed E-state index contributed by atoms with van der Waals surface area (Å²) in [5.41, 5.74) is 11.2. The van der Waals surface area contributed by atoms with Crippen LogP contribution in [-0.2, 0) is 10.8 Å². The van der Waals surface area contributed by atoms with Crippen molar-refractivity contribution in [1.82, 2.24) is 9.97 Å². The average Bonchev–Trinajstić information content (AvgIpc) is 2.91. The molecule has 0 radical (unpaired) electrons. The summed E-state index contributed by atoms with van der Waals surface area (Å²) < 4.78 is 11.5. The van der Waals surface area contributed by atoms with Crippen LogP contribution in [0.25, 0.3) is 44.5 Å². The molecule has 0 bridgehead atoms. The molecule has 2 aliphatic heterocycles. The zero-order chi connectivity index (χ0) is 28.0. The lowest BCUT2D eigenvalue weighted by Crippen LogP contribution is -2.44. The highest BCUT2D eigenvalue weighted by molar-refractivity contribution is 5.92. The topological polar surface area (TPSA) is 115 Å². The summed E-state index contributed by atoms with van der Waals surface area (Å²) in [7, 11) is 0. The maximum atomic E-state index is 13.4. The molecule has 0 aliphatic carbocycles. The van der Waals surface area contributed by atoms with Crippen molar-refractivity contribution >= 4 is 33.3 Å². The largest absolute Gasteiger partial charge is 0.422 e. The van der Waals surface area contributed by atoms with Crippen LogP contribution in [0.15, 0.2) is 67.2 Å². The van der Waals surface area contributed by atoms with Gasteiger partial charge in [-0.25, -0.2) is 9.59 Å². The molecular formula is C32H30N4O4. The van der Waals surface area contributed by atoms with E-state index in [0.717, 1.165) is 42.3 Å². The van der Waals surface area contributed by atoms with Gasteiger partial charge in [0.05, 0.1) is 34.9 Å². The lowest BCUT2D eigenvalue weighted by molar-refractivity contribution is 0.398. The minimum absolute atomic E-state index is 0.00656. The minimum Gasteiger partial charge on any atom is -0.422 e. The van der Waals surface area contributed by atoms with Crippen LogP contribution in [0.2, 0.25) is 0 Å². The molecule has 2 aromatic carbocycles. The molecule has 8 heteroatoms. The van der Waals surface area contributed by atoms with Gasteiger partial charge in [0.25, 0.3) is 0 Å². The molecule has 0 amide bonds. The smallest absolute Gasteiger partial charge is 0.345 e. The third kappa shape index (κ3) is 3.66. The summed E-state index contributed by atoms with van der Waals surface area (Å²) in [5, 5.41) is 1.61. The molecule has 5 heterocycles. The minimum atomic E-state index is -0.539. The fourth-order valence-corrected chi connectivity index (χ4v) is 6.24. The van der Waals surface area contributed by atoms with Gasteiger partial charge in [0.1, 0.15) is 11.2 Å². The second-order valence-corrected chi connectivity index (χ2v) is 12.3. The quantitative estimate of drug-likeness (QED) is 0.224. The Morgan fingerprint density at radius 2 is 1.43 bits per heavy atom. The van der Waals surface area contributed by atoms with Gasteiger partial charge in [-0.2, -0.15) is 0 Å². The number of hydrogen-bond acceptors (Lipinski definition) is 8. The Balaban J connectivity index is 1.36. The van der Waals surface area contributed by atoms with Crippen LogP contribution in [-0.4, -0.2) is 23.1 Å². The number of nitrogens with zero attached hydrogens (tertiary/aromatic N) is 3. The Morgan fingerprint density at radius 1 is 0.800 bits per heavy atom. The van der Waals surface area contributed by atoms with Crippen molar-refractivity contribution in [3.8, 4) is 22.5 Å². The van der Waals surface area contributed by atoms with Gasteiger partial charge >= 0.3 is 11.3 Å². The Hall–Kier alpha value is -4.46. The number of anilines is 2. The van der Waals surface area contributed by atoms with E-state index in [1.54, 1.807) is 24.3 Å². The van der Waals surface area contributed by atoms with E-state index in [4.69, 9.17) is 14.6 Å². The number of nitrogens with two attached hydrogens (primary N) is 1. The second-order valence-electron chi connectivity index (χ2n) is 12.3. The first kappa shape index (κ1) is 24.6. The van der Waals surface area contributed by atoms with Crippen LogP contribution in [0, 0.1) is 0 Å². The number of benzene rings is 2. The zero-order valence-corrected chi connectivity index (χ0v) is 23.0. The molecule has 40 heavy (non-hydrogen) atoms. The highest BCUT2D eigenvalue weighted by Gasteiger charge is 2.42. The van der Waals surface area contributed by atoms with Crippen molar-refractivity contribution in [3.63, 3.8) is 0 Å². The van der Waals surface area contributed by atoms with E-state index in [2.05, 4.69) is 48.6 Å². The first-order valence-electron chi connectivity index (χ1n) is 13.6. The predicted molar refractivity (Wildman–Crippen MR) is 157 cm³/mol. The van der Waals surface area contributed by atoms with Gasteiger partial charge in [0.2, 0.25) is 0 Å². The lowest BCUT2D eigenvalue weighted by Gasteiger charge is -2.48. The van der Waals surface area contributed by atoms with Gasteiger partial charge in [-0.15, -0.1) is 0 Å². The molecule has 0 spiro atoms. The summed E-state index contributed by atoms with van der Waals surface area (Å²) in [6.45, 7) is 11.0. The highest BCUT2D eigenvalue weighted by Crippen LogP contribution is 2.51. The normalized spacial score (nSPS) is 17.2. The van der Waals surface area contributed by atoms with E-state index >= 15 is 0 Å². The summed E-state index contributed by atoms with van der Waals surface area (Å²) in [6, 6.07) is 10.9. The van der Waals surface area contributed by atoms with Crippen molar-refractivity contribution in [2.75, 3.05) is 23.7 Å². The summed E-state index contributed by atoms with van der Waals surface area (Å²) in [6.07, 6.45) is 5.04. The number of rotatable bonds is 2. The molecule has 202 valence electrons. The van der Waals surface area contributed by atoms with Gasteiger partial charge < -0.3 is 19.5 Å². The molecule has 0 unspecified atom stereocenters. The number of fused-ring (bicyclic) bond motifs is 3. The number of aromatic nitrogens is 2. The van der Waals surface area contributed by atoms with Crippen LogP contribution in [0.4, 0.5) is 11.4 Å². The molecule has 8 nitrogen and oxygen atoms in total. The van der Waals surface area contributed by atoms with Crippen molar-refractivity contribution in [2.45, 2.75) is 51.4 Å². The monoisotopic (exact) mass is 534 g/mol. The maximum Gasteiger partial charge on any atom is 0.345 e. The SMILES string of the molecule is CC1(C)CCN2CCC(C)(C)c3c2c1cc1cc(-c2cnc(-c4cc5ccc(N)cc5oc4=O)cn2)c(=O)oc31. The molecule has 2 N–H and O–H groups in total. The highest BCUT2D eigenvalue weighted by atomic mass is 16.4. The third-order valence-corrected chi connectivity index (χ3v) is 8.69. The zero-order valence-electron chi connectivity index (χ0n) is 23.0. The van der Waals surface area contributed by atoms with E-state index in [1.165, 1.54) is 23.6 Å². The Bertz CT molecular complexity index is 1970. The molecule has 0 saturated carbocycles. The van der Waals surface area contributed by atoms with Gasteiger partial charge in [-0.1, -0.05) is 27.7 Å². The van der Waals surface area contributed by atoms with Gasteiger partial charge in [-0.05, 0) is 59.6 Å².